The summed E-state index contributed by atoms with van der Waals surface area (Å²) in [6.45, 7) is 3.75. The van der Waals surface area contributed by atoms with E-state index in [4.69, 9.17) is 0 Å². The highest BCUT2D eigenvalue weighted by atomic mass is 32.2. The molecule has 2 aromatic rings. The average molecular weight is 493 g/mol. The van der Waals surface area contributed by atoms with Crippen LogP contribution in [0.3, 0.4) is 0 Å². The van der Waals surface area contributed by atoms with Crippen molar-refractivity contribution in [3.8, 4) is 0 Å². The Kier molecular flexibility index (Phi) is 7.62. The molecule has 2 amide bonds. The van der Waals surface area contributed by atoms with Crippen molar-refractivity contribution in [1.29, 1.82) is 0 Å². The van der Waals surface area contributed by atoms with Gasteiger partial charge in [0.25, 0.3) is 11.6 Å². The van der Waals surface area contributed by atoms with Gasteiger partial charge in [-0.05, 0) is 30.2 Å². The normalized spacial score (nSPS) is 15.7. The zero-order valence-electron chi connectivity index (χ0n) is 18.7. The third-order valence-corrected chi connectivity index (χ3v) is 7.49. The van der Waals surface area contributed by atoms with E-state index in [0.717, 1.165) is 18.2 Å². The molecule has 2 aromatic carbocycles. The number of non-ortho nitro benzene ring substituents is 1. The number of benzene rings is 2. The van der Waals surface area contributed by atoms with E-state index in [9.17, 15) is 32.5 Å². The second kappa shape index (κ2) is 10.3. The van der Waals surface area contributed by atoms with Crippen LogP contribution in [0.25, 0.3) is 0 Å². The molecule has 3 rings (SSSR count). The highest BCUT2D eigenvalue weighted by Gasteiger charge is 2.34. The number of halogens is 1. The molecular formula is C22H25FN4O6S. The van der Waals surface area contributed by atoms with E-state index in [2.05, 4.69) is 5.32 Å². The molecule has 0 bridgehead atoms. The van der Waals surface area contributed by atoms with E-state index < -0.39 is 32.7 Å². The molecule has 0 spiro atoms. The first kappa shape index (κ1) is 25.2. The molecule has 1 saturated heterocycles. The molecule has 0 radical (unpaired) electrons. The molecule has 1 unspecified atom stereocenters. The van der Waals surface area contributed by atoms with Crippen LogP contribution in [-0.4, -0.2) is 66.6 Å². The summed E-state index contributed by atoms with van der Waals surface area (Å²) in [7, 11) is -3.89. The number of sulfonamides is 1. The van der Waals surface area contributed by atoms with Gasteiger partial charge in [-0.2, -0.15) is 4.31 Å². The molecule has 12 heteroatoms. The predicted molar refractivity (Wildman–Crippen MR) is 121 cm³/mol. The standard InChI is InChI=1S/C22H25FN4O6S/c1-15(2)20(24-21(28)18-5-3-4-6-19(18)23)22(29)25-11-13-26(14-12-25)34(32,33)17-9-7-16(8-10-17)27(30)31/h3-10,15,20H,11-14H2,1-2H3,(H,24,28). The van der Waals surface area contributed by atoms with Gasteiger partial charge >= 0.3 is 0 Å². The smallest absolute Gasteiger partial charge is 0.269 e. The molecule has 1 heterocycles. The molecular weight excluding hydrogens is 467 g/mol. The summed E-state index contributed by atoms with van der Waals surface area (Å²) < 4.78 is 40.9. The Morgan fingerprint density at radius 2 is 1.62 bits per heavy atom. The number of carbonyl (C=O) groups is 2. The first-order valence-corrected chi connectivity index (χ1v) is 12.0. The molecule has 1 aliphatic rings. The molecule has 182 valence electrons. The molecule has 34 heavy (non-hydrogen) atoms. The lowest BCUT2D eigenvalue weighted by Gasteiger charge is -2.36. The number of rotatable bonds is 7. The number of hydrogen-bond acceptors (Lipinski definition) is 6. The van der Waals surface area contributed by atoms with Gasteiger partial charge in [-0.1, -0.05) is 26.0 Å². The number of carbonyl (C=O) groups excluding carboxylic acids is 2. The van der Waals surface area contributed by atoms with Gasteiger partial charge in [0, 0.05) is 38.3 Å². The van der Waals surface area contributed by atoms with Gasteiger partial charge in [-0.3, -0.25) is 19.7 Å². The van der Waals surface area contributed by atoms with Crippen molar-refractivity contribution in [3.05, 3.63) is 70.0 Å². The maximum absolute atomic E-state index is 14.0. The van der Waals surface area contributed by atoms with Crippen LogP contribution in [0, 0.1) is 21.8 Å². The maximum Gasteiger partial charge on any atom is 0.269 e. The van der Waals surface area contributed by atoms with Crippen LogP contribution < -0.4 is 5.32 Å². The Morgan fingerprint density at radius 1 is 1.03 bits per heavy atom. The summed E-state index contributed by atoms with van der Waals surface area (Å²) in [6.07, 6.45) is 0. The summed E-state index contributed by atoms with van der Waals surface area (Å²) in [4.78, 5) is 37.2. The van der Waals surface area contributed by atoms with Crippen LogP contribution in [0.2, 0.25) is 0 Å². The van der Waals surface area contributed by atoms with Crippen LogP contribution in [-0.2, 0) is 14.8 Å². The predicted octanol–water partition coefficient (Wildman–Crippen LogP) is 2.02. The first-order valence-electron chi connectivity index (χ1n) is 10.6. The number of amides is 2. The topological polar surface area (TPSA) is 130 Å². The summed E-state index contributed by atoms with van der Waals surface area (Å²) in [6, 6.07) is 9.16. The van der Waals surface area contributed by atoms with Gasteiger partial charge in [0.05, 0.1) is 15.4 Å². The van der Waals surface area contributed by atoms with Gasteiger partial charge in [0.1, 0.15) is 11.9 Å². The Labute approximate surface area is 196 Å². The molecule has 0 aliphatic carbocycles. The molecule has 1 aliphatic heterocycles. The summed E-state index contributed by atoms with van der Waals surface area (Å²) in [5.74, 6) is -2.07. The number of hydrogen-bond donors (Lipinski definition) is 1. The zero-order valence-corrected chi connectivity index (χ0v) is 19.5. The average Bonchev–Trinajstić information content (AvgIpc) is 2.82. The van der Waals surface area contributed by atoms with Crippen molar-refractivity contribution in [2.75, 3.05) is 26.2 Å². The van der Waals surface area contributed by atoms with Crippen LogP contribution in [0.4, 0.5) is 10.1 Å². The van der Waals surface area contributed by atoms with E-state index in [0.29, 0.717) is 0 Å². The van der Waals surface area contributed by atoms with E-state index in [1.807, 2.05) is 0 Å². The first-order chi connectivity index (χ1) is 16.0. The second-order valence-electron chi connectivity index (χ2n) is 8.16. The van der Waals surface area contributed by atoms with Crippen molar-refractivity contribution >= 4 is 27.5 Å². The minimum absolute atomic E-state index is 0.0249. The number of nitro groups is 1. The fraction of sp³-hybridized carbons (Fsp3) is 0.364. The van der Waals surface area contributed by atoms with E-state index in [1.54, 1.807) is 13.8 Å². The quantitative estimate of drug-likeness (QED) is 0.465. The number of nitrogens with zero attached hydrogens (tertiary/aromatic N) is 3. The second-order valence-corrected chi connectivity index (χ2v) is 10.1. The molecule has 0 saturated carbocycles. The van der Waals surface area contributed by atoms with Crippen molar-refractivity contribution in [2.45, 2.75) is 24.8 Å². The number of piperazine rings is 1. The molecule has 1 fully saturated rings. The third kappa shape index (κ3) is 5.39. The molecule has 0 aromatic heterocycles. The van der Waals surface area contributed by atoms with Gasteiger partial charge in [-0.15, -0.1) is 0 Å². The van der Waals surface area contributed by atoms with Crippen LogP contribution in [0.1, 0.15) is 24.2 Å². The van der Waals surface area contributed by atoms with Crippen molar-refractivity contribution < 1.29 is 27.3 Å². The minimum Gasteiger partial charge on any atom is -0.340 e. The Morgan fingerprint density at radius 3 is 2.15 bits per heavy atom. The van der Waals surface area contributed by atoms with Crippen molar-refractivity contribution in [1.82, 2.24) is 14.5 Å². The lowest BCUT2D eigenvalue weighted by molar-refractivity contribution is -0.384. The van der Waals surface area contributed by atoms with Crippen LogP contribution >= 0.6 is 0 Å². The Balaban J connectivity index is 1.66. The summed E-state index contributed by atoms with van der Waals surface area (Å²) in [5.41, 5.74) is -0.383. The van der Waals surface area contributed by atoms with Crippen LogP contribution in [0.15, 0.2) is 53.4 Å². The highest BCUT2D eigenvalue weighted by Crippen LogP contribution is 2.21. The van der Waals surface area contributed by atoms with E-state index in [1.165, 1.54) is 39.5 Å². The SMILES string of the molecule is CC(C)C(NC(=O)c1ccccc1F)C(=O)N1CCN(S(=O)(=O)c2ccc([N+](=O)[O-])cc2)CC1. The maximum atomic E-state index is 14.0. The monoisotopic (exact) mass is 492 g/mol. The number of nitrogens with one attached hydrogen (secondary N) is 1. The zero-order chi connectivity index (χ0) is 25.0. The van der Waals surface area contributed by atoms with Gasteiger partial charge < -0.3 is 10.2 Å². The number of nitro benzene ring substituents is 1. The van der Waals surface area contributed by atoms with Crippen LogP contribution in [0.5, 0.6) is 0 Å². The summed E-state index contributed by atoms with van der Waals surface area (Å²) in [5, 5.41) is 13.4. The lowest BCUT2D eigenvalue weighted by Crippen LogP contribution is -2.57. The fourth-order valence-corrected chi connectivity index (χ4v) is 5.03. The highest BCUT2D eigenvalue weighted by molar-refractivity contribution is 7.89. The van der Waals surface area contributed by atoms with E-state index in [-0.39, 0.29) is 54.2 Å². The molecule has 1 N–H and O–H groups in total. The van der Waals surface area contributed by atoms with Gasteiger partial charge in [-0.25, -0.2) is 12.8 Å². The minimum atomic E-state index is -3.89. The van der Waals surface area contributed by atoms with Gasteiger partial charge in [0.2, 0.25) is 15.9 Å². The van der Waals surface area contributed by atoms with Crippen molar-refractivity contribution in [3.63, 3.8) is 0 Å². The van der Waals surface area contributed by atoms with E-state index >= 15 is 0 Å². The largest absolute Gasteiger partial charge is 0.340 e. The molecule has 1 atom stereocenters. The third-order valence-electron chi connectivity index (χ3n) is 5.57. The van der Waals surface area contributed by atoms with Crippen molar-refractivity contribution in [2.24, 2.45) is 5.92 Å². The lowest BCUT2D eigenvalue weighted by atomic mass is 10.0. The fourth-order valence-electron chi connectivity index (χ4n) is 3.61. The molecule has 10 nitrogen and oxygen atoms in total. The Bertz CT molecular complexity index is 1180. The van der Waals surface area contributed by atoms with Gasteiger partial charge in [0.15, 0.2) is 0 Å². The summed E-state index contributed by atoms with van der Waals surface area (Å²) >= 11 is 0. The Hall–Kier alpha value is -3.38.